The SMILES string of the molecule is CCCCCNc1ccc(C(=O)NCCc2ccc(F)cc2)nn1. The summed E-state index contributed by atoms with van der Waals surface area (Å²) in [4.78, 5) is 12.0. The zero-order valence-corrected chi connectivity index (χ0v) is 13.9. The third-order valence-electron chi connectivity index (χ3n) is 3.60. The lowest BCUT2D eigenvalue weighted by atomic mass is 10.1. The van der Waals surface area contributed by atoms with Gasteiger partial charge in [-0.15, -0.1) is 10.2 Å². The fourth-order valence-corrected chi connectivity index (χ4v) is 2.20. The van der Waals surface area contributed by atoms with Gasteiger partial charge < -0.3 is 10.6 Å². The van der Waals surface area contributed by atoms with E-state index in [0.29, 0.717) is 18.8 Å². The van der Waals surface area contributed by atoms with Gasteiger partial charge in [0.05, 0.1) is 0 Å². The van der Waals surface area contributed by atoms with Gasteiger partial charge in [-0.2, -0.15) is 0 Å². The van der Waals surface area contributed by atoms with Gasteiger partial charge >= 0.3 is 0 Å². The third kappa shape index (κ3) is 5.95. The average Bonchev–Trinajstić information content (AvgIpc) is 2.61. The molecule has 6 heteroatoms. The van der Waals surface area contributed by atoms with Crippen molar-refractivity contribution in [3.8, 4) is 0 Å². The Bertz CT molecular complexity index is 628. The first-order valence-electron chi connectivity index (χ1n) is 8.29. The van der Waals surface area contributed by atoms with Crippen molar-refractivity contribution < 1.29 is 9.18 Å². The van der Waals surface area contributed by atoms with Crippen molar-refractivity contribution in [2.75, 3.05) is 18.4 Å². The van der Waals surface area contributed by atoms with E-state index in [2.05, 4.69) is 27.8 Å². The van der Waals surface area contributed by atoms with Crippen molar-refractivity contribution in [2.24, 2.45) is 0 Å². The molecule has 0 fully saturated rings. The van der Waals surface area contributed by atoms with Crippen LogP contribution in [0.15, 0.2) is 36.4 Å². The molecule has 0 aliphatic rings. The van der Waals surface area contributed by atoms with Crippen LogP contribution in [0.25, 0.3) is 0 Å². The molecule has 1 heterocycles. The van der Waals surface area contributed by atoms with Crippen LogP contribution >= 0.6 is 0 Å². The highest BCUT2D eigenvalue weighted by molar-refractivity contribution is 5.92. The lowest BCUT2D eigenvalue weighted by molar-refractivity contribution is 0.0948. The summed E-state index contributed by atoms with van der Waals surface area (Å²) in [5, 5.41) is 13.9. The summed E-state index contributed by atoms with van der Waals surface area (Å²) in [6, 6.07) is 9.65. The molecule has 2 aromatic rings. The summed E-state index contributed by atoms with van der Waals surface area (Å²) in [6.07, 6.45) is 4.07. The van der Waals surface area contributed by atoms with E-state index in [1.807, 2.05) is 0 Å². The number of carbonyl (C=O) groups excluding carboxylic acids is 1. The minimum absolute atomic E-state index is 0.262. The van der Waals surface area contributed by atoms with Gasteiger partial charge in [0, 0.05) is 13.1 Å². The Kier molecular flexibility index (Phi) is 7.14. The predicted molar refractivity (Wildman–Crippen MR) is 92.5 cm³/mol. The first-order valence-corrected chi connectivity index (χ1v) is 8.29. The van der Waals surface area contributed by atoms with Crippen LogP contribution in [0.4, 0.5) is 10.2 Å². The van der Waals surface area contributed by atoms with Gasteiger partial charge in [0.2, 0.25) is 0 Å². The molecule has 128 valence electrons. The lowest BCUT2D eigenvalue weighted by Gasteiger charge is -2.06. The smallest absolute Gasteiger partial charge is 0.271 e. The number of amides is 1. The van der Waals surface area contributed by atoms with Crippen LogP contribution in [0.3, 0.4) is 0 Å². The quantitative estimate of drug-likeness (QED) is 0.693. The van der Waals surface area contributed by atoms with Gasteiger partial charge in [0.15, 0.2) is 5.69 Å². The number of rotatable bonds is 9. The second kappa shape index (κ2) is 9.60. The van der Waals surface area contributed by atoms with Gasteiger partial charge in [-0.1, -0.05) is 31.9 Å². The molecule has 0 saturated carbocycles. The molecule has 0 atom stereocenters. The monoisotopic (exact) mass is 330 g/mol. The Morgan fingerprint density at radius 1 is 1.04 bits per heavy atom. The third-order valence-corrected chi connectivity index (χ3v) is 3.60. The van der Waals surface area contributed by atoms with Crippen LogP contribution in [0.5, 0.6) is 0 Å². The maximum atomic E-state index is 12.8. The number of hydrogen-bond acceptors (Lipinski definition) is 4. The summed E-state index contributed by atoms with van der Waals surface area (Å²) in [5.41, 5.74) is 1.25. The molecule has 1 aromatic carbocycles. The molecule has 24 heavy (non-hydrogen) atoms. The molecular weight excluding hydrogens is 307 g/mol. The van der Waals surface area contributed by atoms with Crippen LogP contribution in [0.1, 0.15) is 42.2 Å². The molecule has 0 bridgehead atoms. The average molecular weight is 330 g/mol. The van der Waals surface area contributed by atoms with E-state index in [1.165, 1.54) is 25.0 Å². The van der Waals surface area contributed by atoms with Gasteiger partial charge in [0.25, 0.3) is 5.91 Å². The van der Waals surface area contributed by atoms with Crippen molar-refractivity contribution >= 4 is 11.7 Å². The van der Waals surface area contributed by atoms with E-state index in [9.17, 15) is 9.18 Å². The van der Waals surface area contributed by atoms with Gasteiger partial charge in [-0.05, 0) is 42.7 Å². The van der Waals surface area contributed by atoms with E-state index in [0.717, 1.165) is 18.5 Å². The molecule has 2 rings (SSSR count). The van der Waals surface area contributed by atoms with Crippen LogP contribution in [0.2, 0.25) is 0 Å². The molecule has 0 aliphatic carbocycles. The molecule has 2 N–H and O–H groups in total. The van der Waals surface area contributed by atoms with Crippen LogP contribution in [-0.4, -0.2) is 29.2 Å². The summed E-state index contributed by atoms with van der Waals surface area (Å²) < 4.78 is 12.8. The Hall–Kier alpha value is -2.50. The number of benzene rings is 1. The van der Waals surface area contributed by atoms with Gasteiger partial charge in [-0.25, -0.2) is 4.39 Å². The number of unbranched alkanes of at least 4 members (excludes halogenated alkanes) is 2. The van der Waals surface area contributed by atoms with E-state index in [-0.39, 0.29) is 17.4 Å². The molecule has 0 radical (unpaired) electrons. The van der Waals surface area contributed by atoms with Crippen molar-refractivity contribution in [1.29, 1.82) is 0 Å². The zero-order valence-electron chi connectivity index (χ0n) is 13.9. The van der Waals surface area contributed by atoms with Crippen molar-refractivity contribution in [3.63, 3.8) is 0 Å². The molecular formula is C18H23FN4O. The number of halogens is 1. The number of carbonyl (C=O) groups is 1. The Labute approximate surface area is 141 Å². The second-order valence-electron chi connectivity index (χ2n) is 5.57. The van der Waals surface area contributed by atoms with Crippen molar-refractivity contribution in [1.82, 2.24) is 15.5 Å². The van der Waals surface area contributed by atoms with E-state index >= 15 is 0 Å². The lowest BCUT2D eigenvalue weighted by Crippen LogP contribution is -2.26. The minimum Gasteiger partial charge on any atom is -0.369 e. The molecule has 0 unspecified atom stereocenters. The van der Waals surface area contributed by atoms with E-state index in [4.69, 9.17) is 0 Å². The number of anilines is 1. The largest absolute Gasteiger partial charge is 0.369 e. The Balaban J connectivity index is 1.74. The first-order chi connectivity index (χ1) is 11.7. The minimum atomic E-state index is -0.263. The van der Waals surface area contributed by atoms with Gasteiger partial charge in [0.1, 0.15) is 11.6 Å². The maximum Gasteiger partial charge on any atom is 0.271 e. The fourth-order valence-electron chi connectivity index (χ4n) is 2.20. The highest BCUT2D eigenvalue weighted by Crippen LogP contribution is 2.05. The zero-order chi connectivity index (χ0) is 17.2. The number of nitrogens with one attached hydrogen (secondary N) is 2. The van der Waals surface area contributed by atoms with Crippen molar-refractivity contribution in [2.45, 2.75) is 32.6 Å². The Morgan fingerprint density at radius 2 is 1.83 bits per heavy atom. The number of aromatic nitrogens is 2. The highest BCUT2D eigenvalue weighted by atomic mass is 19.1. The fraction of sp³-hybridized carbons (Fsp3) is 0.389. The van der Waals surface area contributed by atoms with Crippen molar-refractivity contribution in [3.05, 3.63) is 53.5 Å². The maximum absolute atomic E-state index is 12.8. The molecule has 0 spiro atoms. The Morgan fingerprint density at radius 3 is 2.50 bits per heavy atom. The standard InChI is InChI=1S/C18H23FN4O/c1-2-3-4-12-20-17-10-9-16(22-23-17)18(24)21-13-11-14-5-7-15(19)8-6-14/h5-10H,2-4,11-13H2,1H3,(H,20,23)(H,21,24). The molecule has 5 nitrogen and oxygen atoms in total. The van der Waals surface area contributed by atoms with Crippen LogP contribution in [-0.2, 0) is 6.42 Å². The van der Waals surface area contributed by atoms with Gasteiger partial charge in [-0.3, -0.25) is 4.79 Å². The van der Waals surface area contributed by atoms with Crippen LogP contribution < -0.4 is 10.6 Å². The topological polar surface area (TPSA) is 66.9 Å². The summed E-state index contributed by atoms with van der Waals surface area (Å²) in [5.74, 6) is 0.151. The summed E-state index contributed by atoms with van der Waals surface area (Å²) in [6.45, 7) is 3.47. The van der Waals surface area contributed by atoms with E-state index < -0.39 is 0 Å². The number of nitrogens with zero attached hydrogens (tertiary/aromatic N) is 2. The van der Waals surface area contributed by atoms with E-state index in [1.54, 1.807) is 24.3 Å². The predicted octanol–water partition coefficient (Wildman–Crippen LogP) is 3.19. The normalized spacial score (nSPS) is 10.4. The second-order valence-corrected chi connectivity index (χ2v) is 5.57. The molecule has 0 aliphatic heterocycles. The number of hydrogen-bond donors (Lipinski definition) is 2. The summed E-state index contributed by atoms with van der Waals surface area (Å²) >= 11 is 0. The summed E-state index contributed by atoms with van der Waals surface area (Å²) in [7, 11) is 0. The van der Waals surface area contributed by atoms with Crippen LogP contribution in [0, 0.1) is 5.82 Å². The highest BCUT2D eigenvalue weighted by Gasteiger charge is 2.07. The first kappa shape index (κ1) is 17.8. The molecule has 1 amide bonds. The molecule has 1 aromatic heterocycles. The molecule has 0 saturated heterocycles.